The summed E-state index contributed by atoms with van der Waals surface area (Å²) >= 11 is 7.07. The molecule has 0 aromatic rings. The average Bonchev–Trinajstić information content (AvgIpc) is 2.45. The number of thioether (sulfide) groups is 1. The Kier molecular flexibility index (Phi) is 20.3. The maximum Gasteiger partial charge on any atom is 0.136 e. The minimum absolute atomic E-state index is 0.313. The fraction of sp³-hybridized carbons (Fsp3) is 0.812. The highest BCUT2D eigenvalue weighted by Gasteiger charge is 2.04. The maximum absolute atomic E-state index is 5.30. The van der Waals surface area contributed by atoms with Crippen LogP contribution in [0.4, 0.5) is 0 Å². The molecule has 0 heterocycles. The molecule has 0 amide bonds. The first-order valence-corrected chi connectivity index (χ1v) is 11.6. The first-order valence-electron chi connectivity index (χ1n) is 8.20. The largest absolute Gasteiger partial charge is 0.358 e. The third-order valence-corrected chi connectivity index (χ3v) is 6.45. The van der Waals surface area contributed by atoms with Gasteiger partial charge in [0.15, 0.2) is 0 Å². The highest BCUT2D eigenvalue weighted by atomic mass is 32.2. The Morgan fingerprint density at radius 3 is 2.24 bits per heavy atom. The van der Waals surface area contributed by atoms with Crippen molar-refractivity contribution >= 4 is 37.8 Å². The summed E-state index contributed by atoms with van der Waals surface area (Å²) in [5, 5.41) is 0. The molecular formula is C16H36N2S2Si. The Labute approximate surface area is 145 Å². The van der Waals surface area contributed by atoms with Crippen molar-refractivity contribution < 1.29 is 0 Å². The first-order chi connectivity index (χ1) is 10.0. The smallest absolute Gasteiger partial charge is 0.136 e. The molecule has 0 bridgehead atoms. The van der Waals surface area contributed by atoms with Gasteiger partial charge in [0.25, 0.3) is 0 Å². The number of nitrogens with zero attached hydrogens (tertiary/aromatic N) is 2. The normalized spacial score (nSPS) is 11.2. The number of thiocarbonyl (C=S) groups is 1. The molecule has 0 aliphatic rings. The lowest BCUT2D eigenvalue weighted by atomic mass is 10.6. The Balaban J connectivity index is 0. The van der Waals surface area contributed by atoms with E-state index in [0.717, 1.165) is 29.7 Å². The van der Waals surface area contributed by atoms with Crippen LogP contribution in [0.5, 0.6) is 0 Å². The summed E-state index contributed by atoms with van der Waals surface area (Å²) in [4.78, 5) is 4.40. The van der Waals surface area contributed by atoms with Crippen molar-refractivity contribution in [2.24, 2.45) is 0 Å². The minimum atomic E-state index is 0.313. The summed E-state index contributed by atoms with van der Waals surface area (Å²) in [7, 11) is 4.48. The number of allylic oxidation sites excluding steroid dienone is 2. The molecule has 0 unspecified atom stereocenters. The van der Waals surface area contributed by atoms with Crippen molar-refractivity contribution in [2.75, 3.05) is 39.5 Å². The van der Waals surface area contributed by atoms with Gasteiger partial charge in [0, 0.05) is 34.9 Å². The van der Waals surface area contributed by atoms with Gasteiger partial charge in [0.05, 0.1) is 0 Å². The third-order valence-electron chi connectivity index (χ3n) is 3.00. The third kappa shape index (κ3) is 18.1. The molecule has 0 aromatic carbocycles. The van der Waals surface area contributed by atoms with Crippen LogP contribution in [0, 0.1) is 0 Å². The zero-order chi connectivity index (χ0) is 16.5. The molecule has 0 radical (unpaired) electrons. The standard InChI is InChI=1S/C9H20N2S2.C7H16Si/c1-5-11(6-2)9(12)13-8-7-10(3)4;1-3-5-7-8-6-4-2/h5-8H2,1-4H3;3,5H,4,6-8H2,1-2H3. The van der Waals surface area contributed by atoms with Crippen LogP contribution < -0.4 is 0 Å². The van der Waals surface area contributed by atoms with Crippen LogP contribution in [0.15, 0.2) is 12.2 Å². The lowest BCUT2D eigenvalue weighted by Gasteiger charge is -2.21. The Morgan fingerprint density at radius 2 is 1.81 bits per heavy atom. The predicted molar refractivity (Wildman–Crippen MR) is 110 cm³/mol. The van der Waals surface area contributed by atoms with Gasteiger partial charge in [0.1, 0.15) is 4.32 Å². The molecule has 0 spiro atoms. The van der Waals surface area contributed by atoms with Crippen molar-refractivity contribution in [3.05, 3.63) is 12.2 Å². The summed E-state index contributed by atoms with van der Waals surface area (Å²) in [6.07, 6.45) is 5.84. The molecule has 0 saturated carbocycles. The highest BCUT2D eigenvalue weighted by Crippen LogP contribution is 2.08. The van der Waals surface area contributed by atoms with Gasteiger partial charge in [-0.1, -0.05) is 55.5 Å². The van der Waals surface area contributed by atoms with Crippen LogP contribution in [0.25, 0.3) is 0 Å². The molecule has 0 aromatic heterocycles. The zero-order valence-electron chi connectivity index (χ0n) is 15.0. The highest BCUT2D eigenvalue weighted by molar-refractivity contribution is 8.22. The number of hydrogen-bond acceptors (Lipinski definition) is 3. The van der Waals surface area contributed by atoms with E-state index in [9.17, 15) is 0 Å². The van der Waals surface area contributed by atoms with E-state index in [2.05, 4.69) is 63.7 Å². The van der Waals surface area contributed by atoms with Gasteiger partial charge in [0.2, 0.25) is 0 Å². The molecule has 0 fully saturated rings. The molecule has 0 atom stereocenters. The Morgan fingerprint density at radius 1 is 1.19 bits per heavy atom. The van der Waals surface area contributed by atoms with Crippen molar-refractivity contribution in [1.82, 2.24) is 9.80 Å². The van der Waals surface area contributed by atoms with E-state index in [1.165, 1.54) is 18.5 Å². The topological polar surface area (TPSA) is 6.48 Å². The minimum Gasteiger partial charge on any atom is -0.358 e. The van der Waals surface area contributed by atoms with Gasteiger partial charge < -0.3 is 9.80 Å². The molecule has 126 valence electrons. The number of rotatable bonds is 9. The van der Waals surface area contributed by atoms with Crippen LogP contribution >= 0.6 is 24.0 Å². The lowest BCUT2D eigenvalue weighted by molar-refractivity contribution is 0.437. The second-order valence-corrected chi connectivity index (χ2v) is 8.88. The van der Waals surface area contributed by atoms with Crippen molar-refractivity contribution in [1.29, 1.82) is 0 Å². The van der Waals surface area contributed by atoms with Crippen molar-refractivity contribution in [3.8, 4) is 0 Å². The fourth-order valence-electron chi connectivity index (χ4n) is 1.57. The number of hydrogen-bond donors (Lipinski definition) is 0. The van der Waals surface area contributed by atoms with Gasteiger partial charge in [-0.2, -0.15) is 0 Å². The van der Waals surface area contributed by atoms with Gasteiger partial charge in [-0.25, -0.2) is 0 Å². The molecule has 0 aliphatic heterocycles. The monoisotopic (exact) mass is 348 g/mol. The summed E-state index contributed by atoms with van der Waals surface area (Å²) in [6.45, 7) is 11.8. The van der Waals surface area contributed by atoms with Gasteiger partial charge in [-0.15, -0.1) is 0 Å². The van der Waals surface area contributed by atoms with Crippen LogP contribution in [-0.4, -0.2) is 63.1 Å². The first kappa shape index (κ1) is 23.4. The predicted octanol–water partition coefficient (Wildman–Crippen LogP) is 3.89. The van der Waals surface area contributed by atoms with E-state index >= 15 is 0 Å². The molecule has 0 N–H and O–H groups in total. The van der Waals surface area contributed by atoms with E-state index in [1.54, 1.807) is 11.8 Å². The van der Waals surface area contributed by atoms with E-state index in [-0.39, 0.29) is 0 Å². The summed E-state index contributed by atoms with van der Waals surface area (Å²) in [6, 6.07) is 2.93. The second-order valence-electron chi connectivity index (χ2n) is 5.15. The molecule has 0 saturated heterocycles. The second kappa shape index (κ2) is 18.2. The Bertz CT molecular complexity index is 255. The Hall–Kier alpha value is 0.157. The maximum atomic E-state index is 5.30. The summed E-state index contributed by atoms with van der Waals surface area (Å²) in [5.74, 6) is 1.09. The SMILES string of the molecule is CC=CC[SiH2]CCC.CCN(CC)C(=S)SCCN(C)C. The van der Waals surface area contributed by atoms with Gasteiger partial charge >= 0.3 is 0 Å². The summed E-state index contributed by atoms with van der Waals surface area (Å²) in [5.41, 5.74) is 0. The molecule has 21 heavy (non-hydrogen) atoms. The van der Waals surface area contributed by atoms with Crippen LogP contribution in [0.3, 0.4) is 0 Å². The van der Waals surface area contributed by atoms with Crippen molar-refractivity contribution in [3.63, 3.8) is 0 Å². The van der Waals surface area contributed by atoms with E-state index in [0.29, 0.717) is 9.52 Å². The zero-order valence-corrected chi connectivity index (χ0v) is 18.1. The average molecular weight is 349 g/mol. The lowest BCUT2D eigenvalue weighted by Crippen LogP contribution is -2.27. The quantitative estimate of drug-likeness (QED) is 0.270. The van der Waals surface area contributed by atoms with Gasteiger partial charge in [-0.3, -0.25) is 0 Å². The van der Waals surface area contributed by atoms with Gasteiger partial charge in [-0.05, 0) is 40.9 Å². The molecular weight excluding hydrogens is 312 g/mol. The van der Waals surface area contributed by atoms with Crippen LogP contribution in [0.2, 0.25) is 12.1 Å². The van der Waals surface area contributed by atoms with Crippen molar-refractivity contribution in [2.45, 2.75) is 46.2 Å². The fourth-order valence-corrected chi connectivity index (χ4v) is 4.51. The molecule has 5 heteroatoms. The molecule has 0 aliphatic carbocycles. The summed E-state index contributed by atoms with van der Waals surface area (Å²) < 4.78 is 1.03. The van der Waals surface area contributed by atoms with E-state index in [1.807, 2.05) is 0 Å². The molecule has 2 nitrogen and oxygen atoms in total. The van der Waals surface area contributed by atoms with Crippen LogP contribution in [-0.2, 0) is 0 Å². The molecule has 0 rings (SSSR count). The van der Waals surface area contributed by atoms with E-state index < -0.39 is 0 Å². The van der Waals surface area contributed by atoms with E-state index in [4.69, 9.17) is 12.2 Å². The van der Waals surface area contributed by atoms with Crippen LogP contribution in [0.1, 0.15) is 34.1 Å².